The molecule has 0 atom stereocenters. The second kappa shape index (κ2) is 6.90. The molecule has 1 aromatic carbocycles. The molecule has 0 unspecified atom stereocenters. The molecule has 0 saturated heterocycles. The third-order valence-electron chi connectivity index (χ3n) is 2.90. The number of hydrogen-bond donors (Lipinski definition) is 1. The van der Waals surface area contributed by atoms with Crippen molar-refractivity contribution < 1.29 is 9.32 Å². The van der Waals surface area contributed by atoms with Gasteiger partial charge in [-0.2, -0.15) is 4.98 Å². The summed E-state index contributed by atoms with van der Waals surface area (Å²) in [4.78, 5) is 16.0. The van der Waals surface area contributed by atoms with Crippen molar-refractivity contribution in [2.45, 2.75) is 19.3 Å². The van der Waals surface area contributed by atoms with Crippen molar-refractivity contribution in [2.24, 2.45) is 0 Å². The van der Waals surface area contributed by atoms with Gasteiger partial charge in [0.15, 0.2) is 0 Å². The van der Waals surface area contributed by atoms with Crippen LogP contribution in [-0.4, -0.2) is 26.2 Å². The summed E-state index contributed by atoms with van der Waals surface area (Å²) in [5, 5.41) is 14.5. The van der Waals surface area contributed by atoms with Crippen molar-refractivity contribution in [3.8, 4) is 11.4 Å². The minimum atomic E-state index is -0.0976. The van der Waals surface area contributed by atoms with Gasteiger partial charge < -0.3 is 9.84 Å². The molecule has 1 N–H and O–H groups in total. The molecule has 0 radical (unpaired) electrons. The number of amides is 1. The summed E-state index contributed by atoms with van der Waals surface area (Å²) < 4.78 is 5.19. The van der Waals surface area contributed by atoms with Crippen molar-refractivity contribution >= 4 is 22.4 Å². The number of aromatic nitrogens is 4. The van der Waals surface area contributed by atoms with Crippen LogP contribution in [0.3, 0.4) is 0 Å². The fraction of sp³-hybridized carbons (Fsp3) is 0.214. The molecule has 0 spiro atoms. The molecule has 8 heteroatoms. The van der Waals surface area contributed by atoms with Gasteiger partial charge in [-0.1, -0.05) is 46.8 Å². The maximum Gasteiger partial charge on any atom is 0.226 e. The van der Waals surface area contributed by atoms with Crippen LogP contribution in [-0.2, 0) is 11.2 Å². The van der Waals surface area contributed by atoms with E-state index in [2.05, 4.69) is 25.7 Å². The van der Waals surface area contributed by atoms with Crippen molar-refractivity contribution in [2.75, 3.05) is 5.32 Å². The Hall–Kier alpha value is -2.61. The van der Waals surface area contributed by atoms with E-state index < -0.39 is 0 Å². The van der Waals surface area contributed by atoms with Gasteiger partial charge in [0.05, 0.1) is 0 Å². The molecule has 0 aliphatic heterocycles. The Morgan fingerprint density at radius 3 is 2.91 bits per heavy atom. The monoisotopic (exact) mass is 315 g/mol. The lowest BCUT2D eigenvalue weighted by molar-refractivity contribution is -0.116. The first-order valence-corrected chi connectivity index (χ1v) is 7.63. The van der Waals surface area contributed by atoms with Crippen LogP contribution in [0.4, 0.5) is 5.13 Å². The molecule has 112 valence electrons. The minimum absolute atomic E-state index is 0.0976. The van der Waals surface area contributed by atoms with Crippen molar-refractivity contribution in [1.82, 2.24) is 20.3 Å². The number of anilines is 1. The second-order valence-electron chi connectivity index (χ2n) is 4.52. The largest absolute Gasteiger partial charge is 0.339 e. The highest BCUT2D eigenvalue weighted by Gasteiger charge is 2.10. The SMILES string of the molecule is O=C(CCCc1nc(-c2ccccc2)no1)Nc1nncs1. The van der Waals surface area contributed by atoms with E-state index in [0.29, 0.717) is 36.1 Å². The molecule has 1 amide bonds. The third-order valence-corrected chi connectivity index (χ3v) is 3.51. The Morgan fingerprint density at radius 2 is 2.14 bits per heavy atom. The van der Waals surface area contributed by atoms with E-state index in [1.54, 1.807) is 5.51 Å². The first-order valence-electron chi connectivity index (χ1n) is 6.75. The highest BCUT2D eigenvalue weighted by atomic mass is 32.1. The number of nitrogens with zero attached hydrogens (tertiary/aromatic N) is 4. The number of rotatable bonds is 6. The number of hydrogen-bond acceptors (Lipinski definition) is 7. The molecule has 0 aliphatic rings. The zero-order valence-electron chi connectivity index (χ0n) is 11.6. The van der Waals surface area contributed by atoms with Crippen LogP contribution in [0.1, 0.15) is 18.7 Å². The Labute approximate surface area is 130 Å². The standard InChI is InChI=1S/C14H13N5O2S/c20-11(16-14-18-15-9-22-14)7-4-8-12-17-13(19-21-12)10-5-2-1-3-6-10/h1-3,5-6,9H,4,7-8H2,(H,16,18,20). The molecule has 3 aromatic rings. The van der Waals surface area contributed by atoms with E-state index in [9.17, 15) is 4.79 Å². The number of carbonyl (C=O) groups is 1. The number of aryl methyl sites for hydroxylation is 1. The van der Waals surface area contributed by atoms with Crippen LogP contribution in [0, 0.1) is 0 Å². The average Bonchev–Trinajstić information content (AvgIpc) is 3.20. The Bertz CT molecular complexity index is 727. The number of carbonyl (C=O) groups excluding carboxylic acids is 1. The molecule has 0 saturated carbocycles. The maximum absolute atomic E-state index is 11.7. The fourth-order valence-corrected chi connectivity index (χ4v) is 2.33. The normalized spacial score (nSPS) is 10.5. The van der Waals surface area contributed by atoms with E-state index in [4.69, 9.17) is 4.52 Å². The van der Waals surface area contributed by atoms with Gasteiger partial charge in [-0.25, -0.2) is 0 Å². The van der Waals surface area contributed by atoms with Crippen LogP contribution >= 0.6 is 11.3 Å². The first-order chi connectivity index (χ1) is 10.8. The lowest BCUT2D eigenvalue weighted by Gasteiger charge is -1.98. The Morgan fingerprint density at radius 1 is 1.27 bits per heavy atom. The fourth-order valence-electron chi connectivity index (χ4n) is 1.87. The molecule has 0 aliphatic carbocycles. The Balaban J connectivity index is 1.48. The van der Waals surface area contributed by atoms with E-state index in [-0.39, 0.29) is 5.91 Å². The van der Waals surface area contributed by atoms with Crippen LogP contribution in [0.2, 0.25) is 0 Å². The number of nitrogens with one attached hydrogen (secondary N) is 1. The molecular weight excluding hydrogens is 302 g/mol. The van der Waals surface area contributed by atoms with E-state index >= 15 is 0 Å². The number of benzene rings is 1. The van der Waals surface area contributed by atoms with Gasteiger partial charge in [-0.15, -0.1) is 10.2 Å². The summed E-state index contributed by atoms with van der Waals surface area (Å²) in [6.45, 7) is 0. The van der Waals surface area contributed by atoms with Crippen LogP contribution in [0.5, 0.6) is 0 Å². The van der Waals surface area contributed by atoms with Crippen LogP contribution in [0.25, 0.3) is 11.4 Å². The highest BCUT2D eigenvalue weighted by Crippen LogP contribution is 2.16. The molecule has 2 aromatic heterocycles. The van der Waals surface area contributed by atoms with Gasteiger partial charge in [0.1, 0.15) is 5.51 Å². The lowest BCUT2D eigenvalue weighted by Crippen LogP contribution is -2.11. The van der Waals surface area contributed by atoms with Gasteiger partial charge in [0.25, 0.3) is 0 Å². The first kappa shape index (κ1) is 14.3. The highest BCUT2D eigenvalue weighted by molar-refractivity contribution is 7.13. The van der Waals surface area contributed by atoms with Gasteiger partial charge >= 0.3 is 0 Å². The minimum Gasteiger partial charge on any atom is -0.339 e. The van der Waals surface area contributed by atoms with Crippen molar-refractivity contribution in [1.29, 1.82) is 0 Å². The molecular formula is C14H13N5O2S. The van der Waals surface area contributed by atoms with Crippen LogP contribution in [0.15, 0.2) is 40.4 Å². The predicted octanol–water partition coefficient (Wildman–Crippen LogP) is 2.55. The van der Waals surface area contributed by atoms with E-state index in [1.165, 1.54) is 11.3 Å². The maximum atomic E-state index is 11.7. The molecule has 2 heterocycles. The average molecular weight is 315 g/mol. The van der Waals surface area contributed by atoms with Crippen molar-refractivity contribution in [3.05, 3.63) is 41.7 Å². The summed E-state index contributed by atoms with van der Waals surface area (Å²) in [6, 6.07) is 9.61. The molecule has 3 rings (SSSR count). The summed E-state index contributed by atoms with van der Waals surface area (Å²) in [6.07, 6.45) is 1.55. The van der Waals surface area contributed by atoms with Gasteiger partial charge in [-0.05, 0) is 6.42 Å². The van der Waals surface area contributed by atoms with Crippen LogP contribution < -0.4 is 5.32 Å². The molecule has 0 fully saturated rings. The molecule has 0 bridgehead atoms. The predicted molar refractivity (Wildman–Crippen MR) is 81.2 cm³/mol. The lowest BCUT2D eigenvalue weighted by atomic mass is 10.2. The summed E-state index contributed by atoms with van der Waals surface area (Å²) in [7, 11) is 0. The second-order valence-corrected chi connectivity index (χ2v) is 5.36. The topological polar surface area (TPSA) is 93.8 Å². The third kappa shape index (κ3) is 3.73. The smallest absolute Gasteiger partial charge is 0.226 e. The summed E-state index contributed by atoms with van der Waals surface area (Å²) in [5.74, 6) is 0.996. The van der Waals surface area contributed by atoms with E-state index in [0.717, 1.165) is 5.56 Å². The zero-order chi connectivity index (χ0) is 15.2. The van der Waals surface area contributed by atoms with Gasteiger partial charge in [0, 0.05) is 18.4 Å². The van der Waals surface area contributed by atoms with Crippen molar-refractivity contribution in [3.63, 3.8) is 0 Å². The summed E-state index contributed by atoms with van der Waals surface area (Å²) in [5.41, 5.74) is 2.48. The molecule has 7 nitrogen and oxygen atoms in total. The van der Waals surface area contributed by atoms with Gasteiger partial charge in [0.2, 0.25) is 22.8 Å². The molecule has 22 heavy (non-hydrogen) atoms. The quantitative estimate of drug-likeness (QED) is 0.751. The summed E-state index contributed by atoms with van der Waals surface area (Å²) >= 11 is 1.29. The van der Waals surface area contributed by atoms with Gasteiger partial charge in [-0.3, -0.25) is 4.79 Å². The van der Waals surface area contributed by atoms with E-state index in [1.807, 2.05) is 30.3 Å². The zero-order valence-corrected chi connectivity index (χ0v) is 12.4. The Kier molecular flexibility index (Phi) is 4.50.